The zero-order valence-electron chi connectivity index (χ0n) is 10.7. The van der Waals surface area contributed by atoms with E-state index in [0.717, 1.165) is 18.5 Å². The number of aromatic nitrogens is 2. The second-order valence-corrected chi connectivity index (χ2v) is 4.33. The van der Waals surface area contributed by atoms with E-state index in [2.05, 4.69) is 10.4 Å². The number of hydrogen-bond donors (Lipinski definition) is 1. The number of hydrogen-bond acceptors (Lipinski definition) is 4. The lowest BCUT2D eigenvalue weighted by molar-refractivity contribution is -0.385. The maximum absolute atomic E-state index is 10.8. The van der Waals surface area contributed by atoms with E-state index in [1.807, 2.05) is 25.5 Å². The minimum Gasteiger partial charge on any atom is -0.312 e. The van der Waals surface area contributed by atoms with Crippen molar-refractivity contribution in [2.45, 2.75) is 13.0 Å². The van der Waals surface area contributed by atoms with Gasteiger partial charge in [-0.05, 0) is 18.5 Å². The molecule has 0 aliphatic rings. The van der Waals surface area contributed by atoms with Gasteiger partial charge in [0.25, 0.3) is 5.69 Å². The number of nitro groups is 1. The number of para-hydroxylation sites is 1. The first-order chi connectivity index (χ1) is 9.16. The molecule has 0 aliphatic carbocycles. The lowest BCUT2D eigenvalue weighted by Crippen LogP contribution is -2.17. The van der Waals surface area contributed by atoms with Crippen LogP contribution in [-0.2, 0) is 20.0 Å². The summed E-state index contributed by atoms with van der Waals surface area (Å²) in [5.74, 6) is 0. The number of nitrogens with one attached hydrogen (secondary N) is 1. The molecule has 0 fully saturated rings. The first-order valence-electron chi connectivity index (χ1n) is 6.07. The Morgan fingerprint density at radius 3 is 2.89 bits per heavy atom. The first kappa shape index (κ1) is 13.2. The smallest absolute Gasteiger partial charge is 0.273 e. The van der Waals surface area contributed by atoms with E-state index in [9.17, 15) is 10.1 Å². The Balaban J connectivity index is 1.84. The van der Waals surface area contributed by atoms with Crippen LogP contribution in [0.3, 0.4) is 0 Å². The van der Waals surface area contributed by atoms with Crippen LogP contribution < -0.4 is 5.32 Å². The van der Waals surface area contributed by atoms with Crippen molar-refractivity contribution in [2.75, 3.05) is 6.54 Å². The second-order valence-electron chi connectivity index (χ2n) is 4.33. The Labute approximate surface area is 111 Å². The average Bonchev–Trinajstić information content (AvgIpc) is 2.81. The van der Waals surface area contributed by atoms with Gasteiger partial charge in [0.15, 0.2) is 0 Å². The molecule has 2 aromatic rings. The molecule has 1 heterocycles. The summed E-state index contributed by atoms with van der Waals surface area (Å²) in [5, 5.41) is 18.1. The fourth-order valence-corrected chi connectivity index (χ4v) is 1.90. The fourth-order valence-electron chi connectivity index (χ4n) is 1.90. The van der Waals surface area contributed by atoms with E-state index in [-0.39, 0.29) is 10.6 Å². The number of nitrogens with zero attached hydrogens (tertiary/aromatic N) is 3. The summed E-state index contributed by atoms with van der Waals surface area (Å²) < 4.78 is 1.76. The van der Waals surface area contributed by atoms with E-state index < -0.39 is 0 Å². The van der Waals surface area contributed by atoms with E-state index in [1.54, 1.807) is 16.8 Å². The maximum Gasteiger partial charge on any atom is 0.273 e. The van der Waals surface area contributed by atoms with Crippen LogP contribution >= 0.6 is 0 Å². The molecule has 0 saturated heterocycles. The van der Waals surface area contributed by atoms with Crippen LogP contribution in [0.25, 0.3) is 0 Å². The summed E-state index contributed by atoms with van der Waals surface area (Å²) in [6.45, 7) is 1.26. The van der Waals surface area contributed by atoms with Crippen LogP contribution in [0.5, 0.6) is 0 Å². The zero-order valence-corrected chi connectivity index (χ0v) is 10.7. The molecular weight excluding hydrogens is 244 g/mol. The van der Waals surface area contributed by atoms with Crippen LogP contribution in [0.15, 0.2) is 36.7 Å². The standard InChI is InChI=1S/C13H16N4O2/c1-16-10-11(8-15-16)6-7-14-9-12-4-2-3-5-13(12)17(18)19/h2-5,8,10,14H,6-7,9H2,1H3. The minimum atomic E-state index is -0.349. The van der Waals surface area contributed by atoms with Gasteiger partial charge in [-0.15, -0.1) is 0 Å². The molecule has 0 atom stereocenters. The van der Waals surface area contributed by atoms with Crippen molar-refractivity contribution >= 4 is 5.69 Å². The van der Waals surface area contributed by atoms with Gasteiger partial charge < -0.3 is 5.32 Å². The summed E-state index contributed by atoms with van der Waals surface area (Å²) in [6, 6.07) is 6.79. The highest BCUT2D eigenvalue weighted by Gasteiger charge is 2.11. The molecule has 100 valence electrons. The highest BCUT2D eigenvalue weighted by atomic mass is 16.6. The van der Waals surface area contributed by atoms with Crippen molar-refractivity contribution in [1.82, 2.24) is 15.1 Å². The monoisotopic (exact) mass is 260 g/mol. The van der Waals surface area contributed by atoms with Gasteiger partial charge in [0.05, 0.1) is 11.1 Å². The van der Waals surface area contributed by atoms with Gasteiger partial charge in [-0.1, -0.05) is 18.2 Å². The summed E-state index contributed by atoms with van der Waals surface area (Å²) in [7, 11) is 1.88. The van der Waals surface area contributed by atoms with Crippen molar-refractivity contribution in [3.63, 3.8) is 0 Å². The number of benzene rings is 1. The number of nitro benzene ring substituents is 1. The fraction of sp³-hybridized carbons (Fsp3) is 0.308. The normalized spacial score (nSPS) is 10.6. The van der Waals surface area contributed by atoms with Crippen molar-refractivity contribution in [2.24, 2.45) is 7.05 Å². The molecule has 6 nitrogen and oxygen atoms in total. The number of rotatable bonds is 6. The second kappa shape index (κ2) is 6.10. The maximum atomic E-state index is 10.8. The third-order valence-electron chi connectivity index (χ3n) is 2.85. The van der Waals surface area contributed by atoms with Gasteiger partial charge in [0.1, 0.15) is 0 Å². The topological polar surface area (TPSA) is 73.0 Å². The van der Waals surface area contributed by atoms with Gasteiger partial charge >= 0.3 is 0 Å². The Morgan fingerprint density at radius 1 is 1.42 bits per heavy atom. The Morgan fingerprint density at radius 2 is 2.21 bits per heavy atom. The minimum absolute atomic E-state index is 0.163. The van der Waals surface area contributed by atoms with Crippen molar-refractivity contribution in [3.05, 3.63) is 57.9 Å². The van der Waals surface area contributed by atoms with Crippen LogP contribution in [0.1, 0.15) is 11.1 Å². The molecule has 1 aromatic heterocycles. The Bertz CT molecular complexity index is 565. The zero-order chi connectivity index (χ0) is 13.7. The van der Waals surface area contributed by atoms with E-state index >= 15 is 0 Å². The molecule has 0 aliphatic heterocycles. The molecule has 6 heteroatoms. The van der Waals surface area contributed by atoms with Gasteiger partial charge in [-0.25, -0.2) is 0 Å². The van der Waals surface area contributed by atoms with Gasteiger partial charge in [0, 0.05) is 31.4 Å². The predicted octanol–water partition coefficient (Wildman–Crippen LogP) is 1.66. The lowest BCUT2D eigenvalue weighted by atomic mass is 10.2. The first-order valence-corrected chi connectivity index (χ1v) is 6.07. The molecule has 0 radical (unpaired) electrons. The summed E-state index contributed by atoms with van der Waals surface area (Å²) in [6.07, 6.45) is 4.65. The molecule has 0 saturated carbocycles. The third kappa shape index (κ3) is 3.62. The third-order valence-corrected chi connectivity index (χ3v) is 2.85. The lowest BCUT2D eigenvalue weighted by Gasteiger charge is -2.04. The summed E-state index contributed by atoms with van der Waals surface area (Å²) >= 11 is 0. The van der Waals surface area contributed by atoms with E-state index in [1.165, 1.54) is 6.07 Å². The highest BCUT2D eigenvalue weighted by molar-refractivity contribution is 5.39. The van der Waals surface area contributed by atoms with Crippen LogP contribution in [0.2, 0.25) is 0 Å². The average molecular weight is 260 g/mol. The molecule has 0 spiro atoms. The Hall–Kier alpha value is -2.21. The van der Waals surface area contributed by atoms with Gasteiger partial charge in [-0.3, -0.25) is 14.8 Å². The van der Waals surface area contributed by atoms with Crippen LogP contribution in [0.4, 0.5) is 5.69 Å². The largest absolute Gasteiger partial charge is 0.312 e. The molecule has 2 rings (SSSR count). The summed E-state index contributed by atoms with van der Waals surface area (Å²) in [5.41, 5.74) is 2.02. The van der Waals surface area contributed by atoms with Crippen molar-refractivity contribution < 1.29 is 4.92 Å². The van der Waals surface area contributed by atoms with Crippen LogP contribution in [0, 0.1) is 10.1 Å². The van der Waals surface area contributed by atoms with Crippen LogP contribution in [-0.4, -0.2) is 21.2 Å². The van der Waals surface area contributed by atoms with Gasteiger partial charge in [-0.2, -0.15) is 5.10 Å². The molecule has 0 amide bonds. The van der Waals surface area contributed by atoms with E-state index in [0.29, 0.717) is 12.1 Å². The molecular formula is C13H16N4O2. The molecule has 0 unspecified atom stereocenters. The van der Waals surface area contributed by atoms with E-state index in [4.69, 9.17) is 0 Å². The van der Waals surface area contributed by atoms with Crippen molar-refractivity contribution in [1.29, 1.82) is 0 Å². The summed E-state index contributed by atoms with van der Waals surface area (Å²) in [4.78, 5) is 10.5. The molecule has 19 heavy (non-hydrogen) atoms. The van der Waals surface area contributed by atoms with Gasteiger partial charge in [0.2, 0.25) is 0 Å². The quantitative estimate of drug-likeness (QED) is 0.487. The number of aryl methyl sites for hydroxylation is 1. The van der Waals surface area contributed by atoms with Crippen molar-refractivity contribution in [3.8, 4) is 0 Å². The molecule has 1 aromatic carbocycles. The SMILES string of the molecule is Cn1cc(CCNCc2ccccc2[N+](=O)[O-])cn1. The predicted molar refractivity (Wildman–Crippen MR) is 71.7 cm³/mol. The highest BCUT2D eigenvalue weighted by Crippen LogP contribution is 2.16. The Kier molecular flexibility index (Phi) is 4.25. The molecule has 1 N–H and O–H groups in total. The molecule has 0 bridgehead atoms.